The molecule has 2 amide bonds. The highest BCUT2D eigenvalue weighted by molar-refractivity contribution is 5.77. The number of para-hydroxylation sites is 1. The first kappa shape index (κ1) is 14.6. The number of nitrogens with zero attached hydrogens (tertiary/aromatic N) is 1. The fourth-order valence-corrected chi connectivity index (χ4v) is 4.27. The Balaban J connectivity index is 1.83. The van der Waals surface area contributed by atoms with Crippen LogP contribution >= 0.6 is 0 Å². The van der Waals surface area contributed by atoms with Gasteiger partial charge in [0.2, 0.25) is 0 Å². The second-order valence-corrected chi connectivity index (χ2v) is 6.48. The Labute approximate surface area is 135 Å². The lowest BCUT2D eigenvalue weighted by Crippen LogP contribution is -2.69. The number of hydrogen-bond donors (Lipinski definition) is 2. The van der Waals surface area contributed by atoms with E-state index in [0.29, 0.717) is 31.9 Å². The molecule has 0 spiro atoms. The normalized spacial score (nSPS) is 30.4. The first-order valence-electron chi connectivity index (χ1n) is 8.32. The second kappa shape index (κ2) is 5.30. The van der Waals surface area contributed by atoms with E-state index in [4.69, 9.17) is 9.47 Å². The fourth-order valence-electron chi connectivity index (χ4n) is 4.27. The molecule has 6 heteroatoms. The highest BCUT2D eigenvalue weighted by Gasteiger charge is 2.56. The van der Waals surface area contributed by atoms with E-state index in [0.717, 1.165) is 18.4 Å². The number of benzene rings is 1. The summed E-state index contributed by atoms with van der Waals surface area (Å²) in [4.78, 5) is 14.4. The number of rotatable bonds is 2. The Morgan fingerprint density at radius 2 is 2.17 bits per heavy atom. The smallest absolute Gasteiger partial charge is 0.320 e. The van der Waals surface area contributed by atoms with Crippen molar-refractivity contribution in [2.45, 2.75) is 38.0 Å². The molecule has 3 aliphatic rings. The average Bonchev–Trinajstić information content (AvgIpc) is 2.57. The van der Waals surface area contributed by atoms with Crippen LogP contribution in [0.5, 0.6) is 11.5 Å². The number of nitrogens with one attached hydrogen (secondary N) is 1. The Kier molecular flexibility index (Phi) is 3.37. The van der Waals surface area contributed by atoms with Crippen LogP contribution in [0.2, 0.25) is 0 Å². The molecule has 2 saturated heterocycles. The monoisotopic (exact) mass is 318 g/mol. The number of aromatic hydroxyl groups is 1. The van der Waals surface area contributed by atoms with Gasteiger partial charge in [-0.25, -0.2) is 4.79 Å². The van der Waals surface area contributed by atoms with Crippen LogP contribution in [0.25, 0.3) is 0 Å². The number of fused-ring (bicyclic) bond motifs is 4. The van der Waals surface area contributed by atoms with Crippen LogP contribution in [0.3, 0.4) is 0 Å². The summed E-state index contributed by atoms with van der Waals surface area (Å²) >= 11 is 0. The molecule has 2 bridgehead atoms. The lowest BCUT2D eigenvalue weighted by Gasteiger charge is -2.56. The molecule has 124 valence electrons. The van der Waals surface area contributed by atoms with Crippen molar-refractivity contribution < 1.29 is 19.4 Å². The van der Waals surface area contributed by atoms with Gasteiger partial charge >= 0.3 is 6.03 Å². The number of phenolic OH excluding ortho intramolecular Hbond substituents is 1. The molecule has 23 heavy (non-hydrogen) atoms. The van der Waals surface area contributed by atoms with Crippen molar-refractivity contribution in [3.63, 3.8) is 0 Å². The molecule has 0 radical (unpaired) electrons. The summed E-state index contributed by atoms with van der Waals surface area (Å²) in [7, 11) is 0. The molecule has 3 heterocycles. The average molecular weight is 318 g/mol. The fraction of sp³-hybridized carbons (Fsp3) is 0.588. The first-order valence-corrected chi connectivity index (χ1v) is 8.32. The minimum atomic E-state index is -0.697. The number of ether oxygens (including phenoxy) is 2. The minimum absolute atomic E-state index is 0.0933. The van der Waals surface area contributed by atoms with Gasteiger partial charge in [0.25, 0.3) is 0 Å². The summed E-state index contributed by atoms with van der Waals surface area (Å²) in [6.45, 7) is 3.91. The molecular formula is C17H22N2O4. The summed E-state index contributed by atoms with van der Waals surface area (Å²) in [5, 5.41) is 13.3. The predicted octanol–water partition coefficient (Wildman–Crippen LogP) is 2.38. The molecule has 2 N–H and O–H groups in total. The standard InChI is InChI=1S/C17H22N2O4/c1-2-19-16(21)18-13-10-17(19,11-6-8-22-9-7-11)23-15-12(13)4-3-5-14(15)20/h3-5,11,13,20H,2,6-10H2,1H3,(H,18,21). The summed E-state index contributed by atoms with van der Waals surface area (Å²) in [6, 6.07) is 5.12. The molecule has 0 saturated carbocycles. The first-order chi connectivity index (χ1) is 11.2. The van der Waals surface area contributed by atoms with E-state index in [9.17, 15) is 9.90 Å². The molecule has 6 nitrogen and oxygen atoms in total. The number of urea groups is 1. The molecule has 0 aliphatic carbocycles. The Morgan fingerprint density at radius 1 is 1.39 bits per heavy atom. The Hall–Kier alpha value is -1.95. The van der Waals surface area contributed by atoms with E-state index < -0.39 is 5.72 Å². The molecule has 0 aromatic heterocycles. The van der Waals surface area contributed by atoms with E-state index in [1.807, 2.05) is 13.0 Å². The summed E-state index contributed by atoms with van der Waals surface area (Å²) < 4.78 is 11.9. The van der Waals surface area contributed by atoms with Gasteiger partial charge in [-0.1, -0.05) is 12.1 Å². The lowest BCUT2D eigenvalue weighted by molar-refractivity contribution is -0.157. The second-order valence-electron chi connectivity index (χ2n) is 6.48. The van der Waals surface area contributed by atoms with Gasteiger partial charge in [0, 0.05) is 37.7 Å². The summed E-state index contributed by atoms with van der Waals surface area (Å²) in [5.74, 6) is 0.849. The largest absolute Gasteiger partial charge is 0.504 e. The third-order valence-corrected chi connectivity index (χ3v) is 5.35. The molecule has 2 unspecified atom stereocenters. The molecule has 2 fully saturated rings. The van der Waals surface area contributed by atoms with Gasteiger partial charge in [0.05, 0.1) is 6.04 Å². The zero-order valence-electron chi connectivity index (χ0n) is 13.2. The van der Waals surface area contributed by atoms with E-state index in [1.54, 1.807) is 17.0 Å². The van der Waals surface area contributed by atoms with Gasteiger partial charge in [-0.05, 0) is 25.8 Å². The highest BCUT2D eigenvalue weighted by Crippen LogP contribution is 2.51. The van der Waals surface area contributed by atoms with Crippen LogP contribution in [0.15, 0.2) is 18.2 Å². The summed E-state index contributed by atoms with van der Waals surface area (Å²) in [6.07, 6.45) is 2.42. The van der Waals surface area contributed by atoms with Crippen LogP contribution in [-0.2, 0) is 4.74 Å². The van der Waals surface area contributed by atoms with Gasteiger partial charge in [-0.15, -0.1) is 0 Å². The molecule has 2 atom stereocenters. The number of phenols is 1. The van der Waals surface area contributed by atoms with E-state index in [-0.39, 0.29) is 23.7 Å². The molecular weight excluding hydrogens is 296 g/mol. The van der Waals surface area contributed by atoms with E-state index in [2.05, 4.69) is 5.32 Å². The minimum Gasteiger partial charge on any atom is -0.504 e. The third-order valence-electron chi connectivity index (χ3n) is 5.35. The van der Waals surface area contributed by atoms with Gasteiger partial charge in [-0.3, -0.25) is 4.90 Å². The number of carbonyl (C=O) groups is 1. The quantitative estimate of drug-likeness (QED) is 0.878. The van der Waals surface area contributed by atoms with Crippen LogP contribution in [-0.4, -0.2) is 41.5 Å². The van der Waals surface area contributed by atoms with Gasteiger partial charge in [0.15, 0.2) is 17.2 Å². The van der Waals surface area contributed by atoms with Gasteiger partial charge < -0.3 is 19.9 Å². The zero-order valence-corrected chi connectivity index (χ0v) is 13.2. The van der Waals surface area contributed by atoms with Crippen LogP contribution in [0.1, 0.15) is 37.8 Å². The topological polar surface area (TPSA) is 71.0 Å². The Morgan fingerprint density at radius 3 is 2.91 bits per heavy atom. The van der Waals surface area contributed by atoms with Crippen molar-refractivity contribution in [1.82, 2.24) is 10.2 Å². The molecule has 4 rings (SSSR count). The molecule has 3 aliphatic heterocycles. The maximum atomic E-state index is 12.6. The van der Waals surface area contributed by atoms with Crippen molar-refractivity contribution >= 4 is 6.03 Å². The number of carbonyl (C=O) groups excluding carboxylic acids is 1. The van der Waals surface area contributed by atoms with Crippen molar-refractivity contribution in [3.8, 4) is 11.5 Å². The lowest BCUT2D eigenvalue weighted by atomic mass is 9.78. The van der Waals surface area contributed by atoms with Crippen molar-refractivity contribution in [3.05, 3.63) is 23.8 Å². The summed E-state index contributed by atoms with van der Waals surface area (Å²) in [5.41, 5.74) is 0.161. The van der Waals surface area contributed by atoms with E-state index in [1.165, 1.54) is 0 Å². The third kappa shape index (κ3) is 2.08. The maximum absolute atomic E-state index is 12.6. The number of hydrogen-bond acceptors (Lipinski definition) is 4. The van der Waals surface area contributed by atoms with Crippen LogP contribution in [0.4, 0.5) is 4.79 Å². The number of amides is 2. The predicted molar refractivity (Wildman–Crippen MR) is 83.3 cm³/mol. The van der Waals surface area contributed by atoms with Crippen LogP contribution < -0.4 is 10.1 Å². The Bertz CT molecular complexity index is 629. The van der Waals surface area contributed by atoms with Gasteiger partial charge in [-0.2, -0.15) is 0 Å². The van der Waals surface area contributed by atoms with Crippen molar-refractivity contribution in [1.29, 1.82) is 0 Å². The van der Waals surface area contributed by atoms with Gasteiger partial charge in [0.1, 0.15) is 0 Å². The molecule has 1 aromatic carbocycles. The SMILES string of the molecule is CCN1C(=O)NC2CC1(C1CCOCC1)Oc1c(O)cccc12. The van der Waals surface area contributed by atoms with Crippen molar-refractivity contribution in [2.24, 2.45) is 5.92 Å². The zero-order chi connectivity index (χ0) is 16.0. The molecule has 1 aromatic rings. The highest BCUT2D eigenvalue weighted by atomic mass is 16.5. The van der Waals surface area contributed by atoms with E-state index >= 15 is 0 Å². The van der Waals surface area contributed by atoms with Crippen LogP contribution in [0, 0.1) is 5.92 Å². The van der Waals surface area contributed by atoms with Crippen molar-refractivity contribution in [2.75, 3.05) is 19.8 Å². The maximum Gasteiger partial charge on any atom is 0.320 e.